The fraction of sp³-hybridized carbons (Fsp3) is 0.300. The topological polar surface area (TPSA) is 64.6 Å². The minimum absolute atomic E-state index is 0.391. The molecule has 2 rings (SSSR count). The minimum Gasteiger partial charge on any atom is -0.451 e. The average Bonchev–Trinajstić information content (AvgIpc) is 2.58. The number of rotatable bonds is 6. The van der Waals surface area contributed by atoms with Crippen LogP contribution in [0.5, 0.6) is 5.75 Å². The number of nitrogens with one attached hydrogen (secondary N) is 1. The minimum atomic E-state index is -0.699. The van der Waals surface area contributed by atoms with E-state index in [0.29, 0.717) is 12.2 Å². The molecule has 0 aliphatic rings. The number of para-hydroxylation sites is 1. The highest BCUT2D eigenvalue weighted by Gasteiger charge is 2.24. The zero-order valence-electron chi connectivity index (χ0n) is 15.1. The molecule has 0 aliphatic heterocycles. The zero-order chi connectivity index (χ0) is 19.0. The summed E-state index contributed by atoms with van der Waals surface area (Å²) in [6.45, 7) is 5.36. The van der Waals surface area contributed by atoms with Crippen LogP contribution in [0.1, 0.15) is 26.3 Å². The molecule has 6 heteroatoms. The van der Waals surface area contributed by atoms with Gasteiger partial charge in [0, 0.05) is 11.9 Å². The molecular weight excluding hydrogens is 350 g/mol. The molecule has 1 N–H and O–H groups in total. The van der Waals surface area contributed by atoms with Crippen LogP contribution in [0.2, 0.25) is 0 Å². The van der Waals surface area contributed by atoms with Crippen LogP contribution < -0.4 is 9.46 Å². The maximum absolute atomic E-state index is 12.6. The summed E-state index contributed by atoms with van der Waals surface area (Å²) >= 11 is 0.758. The highest BCUT2D eigenvalue weighted by Crippen LogP contribution is 2.16. The molecular formula is C20H23NO4S. The molecule has 0 saturated heterocycles. The van der Waals surface area contributed by atoms with Gasteiger partial charge >= 0.3 is 11.3 Å². The molecule has 0 aliphatic carbocycles. The van der Waals surface area contributed by atoms with E-state index < -0.39 is 22.9 Å². The molecule has 0 spiro atoms. The molecule has 138 valence electrons. The fourth-order valence-corrected chi connectivity index (χ4v) is 2.80. The first-order valence-corrected chi connectivity index (χ1v) is 9.11. The van der Waals surface area contributed by atoms with Gasteiger partial charge in [-0.3, -0.25) is 0 Å². The molecule has 0 fully saturated rings. The third-order valence-corrected chi connectivity index (χ3v) is 3.86. The summed E-state index contributed by atoms with van der Waals surface area (Å²) in [7, 11) is 0. The van der Waals surface area contributed by atoms with Gasteiger partial charge < -0.3 is 9.47 Å². The van der Waals surface area contributed by atoms with E-state index in [1.807, 2.05) is 36.4 Å². The smallest absolute Gasteiger partial charge is 0.383 e. The molecule has 0 saturated carbocycles. The van der Waals surface area contributed by atoms with Crippen molar-refractivity contribution in [3.8, 4) is 5.75 Å². The molecule has 0 radical (unpaired) electrons. The Labute approximate surface area is 158 Å². The number of ether oxygens (including phenoxy) is 2. The van der Waals surface area contributed by atoms with Crippen LogP contribution in [0.15, 0.2) is 60.7 Å². The summed E-state index contributed by atoms with van der Waals surface area (Å²) in [6, 6.07) is 17.7. The molecule has 0 bridgehead atoms. The van der Waals surface area contributed by atoms with E-state index in [2.05, 4.69) is 4.72 Å². The predicted octanol–water partition coefficient (Wildman–Crippen LogP) is 4.38. The van der Waals surface area contributed by atoms with E-state index in [0.717, 1.165) is 17.5 Å². The van der Waals surface area contributed by atoms with Crippen molar-refractivity contribution in [2.45, 2.75) is 38.8 Å². The van der Waals surface area contributed by atoms with Gasteiger partial charge in [-0.2, -0.15) is 0 Å². The number of hydrogen-bond acceptors (Lipinski definition) is 6. The number of carbonyl (C=O) groups is 2. The van der Waals surface area contributed by atoms with Gasteiger partial charge in [-0.15, -0.1) is 0 Å². The van der Waals surface area contributed by atoms with E-state index in [9.17, 15) is 9.59 Å². The first-order chi connectivity index (χ1) is 12.3. The Hall–Kier alpha value is -2.31. The standard InChI is InChI=1S/C20H23NO4S/c1-20(2,3)25-19(23)26-21-17(14-15-10-6-4-7-11-15)18(22)24-16-12-8-5-9-13-16/h4-13,17,21H,14H2,1-3H3. The second-order valence-corrected chi connectivity index (χ2v) is 7.43. The summed E-state index contributed by atoms with van der Waals surface area (Å²) in [5.74, 6) is -0.00394. The Morgan fingerprint density at radius 1 is 1.00 bits per heavy atom. The van der Waals surface area contributed by atoms with Crippen molar-refractivity contribution in [3.63, 3.8) is 0 Å². The van der Waals surface area contributed by atoms with Gasteiger partial charge in [-0.05, 0) is 44.9 Å². The molecule has 0 heterocycles. The van der Waals surface area contributed by atoms with Crippen LogP contribution in [-0.4, -0.2) is 22.9 Å². The molecule has 2 aromatic carbocycles. The van der Waals surface area contributed by atoms with Gasteiger partial charge in [-0.25, -0.2) is 14.3 Å². The SMILES string of the molecule is CC(C)(C)OC(=O)SNC(Cc1ccccc1)C(=O)Oc1ccccc1. The lowest BCUT2D eigenvalue weighted by Crippen LogP contribution is -2.39. The molecule has 5 nitrogen and oxygen atoms in total. The number of hydrogen-bond donors (Lipinski definition) is 1. The predicted molar refractivity (Wildman–Crippen MR) is 103 cm³/mol. The quantitative estimate of drug-likeness (QED) is 0.461. The third kappa shape index (κ3) is 7.29. The normalized spacial score (nSPS) is 12.3. The van der Waals surface area contributed by atoms with Crippen LogP contribution in [-0.2, 0) is 16.0 Å². The lowest BCUT2D eigenvalue weighted by Gasteiger charge is -2.20. The lowest BCUT2D eigenvalue weighted by molar-refractivity contribution is -0.136. The average molecular weight is 373 g/mol. The van der Waals surface area contributed by atoms with Crippen molar-refractivity contribution in [1.82, 2.24) is 4.72 Å². The first kappa shape index (κ1) is 20.0. The highest BCUT2D eigenvalue weighted by atomic mass is 32.2. The maximum atomic E-state index is 12.6. The van der Waals surface area contributed by atoms with Gasteiger partial charge in [0.2, 0.25) is 0 Å². The second kappa shape index (κ2) is 9.40. The molecule has 0 aromatic heterocycles. The Morgan fingerprint density at radius 2 is 1.58 bits per heavy atom. The van der Waals surface area contributed by atoms with Gasteiger partial charge in [0.25, 0.3) is 0 Å². The van der Waals surface area contributed by atoms with Crippen molar-refractivity contribution in [3.05, 3.63) is 66.2 Å². The molecule has 1 atom stereocenters. The van der Waals surface area contributed by atoms with Crippen LogP contribution in [0.4, 0.5) is 4.79 Å². The molecule has 1 unspecified atom stereocenters. The fourth-order valence-electron chi connectivity index (χ4n) is 2.09. The molecule has 2 aromatic rings. The van der Waals surface area contributed by atoms with Gasteiger partial charge in [0.05, 0.1) is 0 Å². The van der Waals surface area contributed by atoms with E-state index in [1.54, 1.807) is 45.0 Å². The van der Waals surface area contributed by atoms with E-state index in [1.165, 1.54) is 0 Å². The van der Waals surface area contributed by atoms with Gasteiger partial charge in [0.15, 0.2) is 0 Å². The summed E-state index contributed by atoms with van der Waals surface area (Å²) in [6.07, 6.45) is 0.391. The van der Waals surface area contributed by atoms with E-state index in [4.69, 9.17) is 9.47 Å². The summed E-state index contributed by atoms with van der Waals surface area (Å²) in [5, 5.41) is -0.497. The van der Waals surface area contributed by atoms with Crippen LogP contribution in [0.3, 0.4) is 0 Å². The molecule has 26 heavy (non-hydrogen) atoms. The van der Waals surface area contributed by atoms with Crippen molar-refractivity contribution in [2.24, 2.45) is 0 Å². The van der Waals surface area contributed by atoms with Crippen molar-refractivity contribution in [2.75, 3.05) is 0 Å². The summed E-state index contributed by atoms with van der Waals surface area (Å²) < 4.78 is 13.5. The first-order valence-electron chi connectivity index (χ1n) is 8.29. The Morgan fingerprint density at radius 3 is 2.15 bits per heavy atom. The highest BCUT2D eigenvalue weighted by molar-refractivity contribution is 8.11. The third-order valence-electron chi connectivity index (χ3n) is 3.20. The van der Waals surface area contributed by atoms with Crippen LogP contribution >= 0.6 is 11.9 Å². The van der Waals surface area contributed by atoms with Crippen molar-refractivity contribution < 1.29 is 19.1 Å². The summed E-state index contributed by atoms with van der Waals surface area (Å²) in [4.78, 5) is 24.5. The Kier molecular flexibility index (Phi) is 7.24. The number of carbonyl (C=O) groups excluding carboxylic acids is 2. The maximum Gasteiger partial charge on any atom is 0.383 e. The van der Waals surface area contributed by atoms with Crippen molar-refractivity contribution in [1.29, 1.82) is 0 Å². The second-order valence-electron chi connectivity index (χ2n) is 6.66. The number of benzene rings is 2. The van der Waals surface area contributed by atoms with Crippen molar-refractivity contribution >= 4 is 23.2 Å². The summed E-state index contributed by atoms with van der Waals surface area (Å²) in [5.41, 5.74) is 0.366. The molecule has 0 amide bonds. The number of esters is 1. The Bertz CT molecular complexity index is 714. The van der Waals surface area contributed by atoms with Crippen LogP contribution in [0.25, 0.3) is 0 Å². The zero-order valence-corrected chi connectivity index (χ0v) is 15.9. The Balaban J connectivity index is 2.03. The van der Waals surface area contributed by atoms with Gasteiger partial charge in [0.1, 0.15) is 17.4 Å². The van der Waals surface area contributed by atoms with Gasteiger partial charge in [-0.1, -0.05) is 48.5 Å². The van der Waals surface area contributed by atoms with E-state index >= 15 is 0 Å². The van der Waals surface area contributed by atoms with Crippen LogP contribution in [0, 0.1) is 0 Å². The largest absolute Gasteiger partial charge is 0.451 e. The van der Waals surface area contributed by atoms with E-state index in [-0.39, 0.29) is 0 Å². The monoisotopic (exact) mass is 373 g/mol. The lowest BCUT2D eigenvalue weighted by atomic mass is 10.1.